The van der Waals surface area contributed by atoms with Gasteiger partial charge in [0, 0.05) is 12.8 Å². The minimum atomic E-state index is 0.124. The molecule has 2 aliphatic rings. The van der Waals surface area contributed by atoms with Crippen LogP contribution in [0.5, 0.6) is 11.5 Å². The van der Waals surface area contributed by atoms with Crippen molar-refractivity contribution in [1.82, 2.24) is 0 Å². The average molecular weight is 683 g/mol. The van der Waals surface area contributed by atoms with Gasteiger partial charge in [-0.05, 0) is 83.6 Å². The number of para-hydroxylation sites is 2. The maximum Gasteiger partial charge on any atom is 0.119 e. The van der Waals surface area contributed by atoms with Gasteiger partial charge in [-0.1, -0.05) is 121 Å². The Morgan fingerprint density at radius 2 is 0.769 bits per heavy atom. The summed E-state index contributed by atoms with van der Waals surface area (Å²) in [6.07, 6.45) is 3.51. The molecule has 0 N–H and O–H groups in total. The van der Waals surface area contributed by atoms with E-state index in [-0.39, 0.29) is 12.1 Å². The molecule has 2 unspecified atom stereocenters. The first-order chi connectivity index (χ1) is 25.8. The maximum atomic E-state index is 6.12. The van der Waals surface area contributed by atoms with Crippen molar-refractivity contribution in [2.45, 2.75) is 37.8 Å². The number of nitrogens with zero attached hydrogens (tertiary/aromatic N) is 4. The Morgan fingerprint density at radius 1 is 0.423 bits per heavy atom. The Hall–Kier alpha value is -6.14. The van der Waals surface area contributed by atoms with Crippen LogP contribution in [0.1, 0.15) is 60.0 Å². The molecule has 2 heterocycles. The maximum absolute atomic E-state index is 6.12. The summed E-state index contributed by atoms with van der Waals surface area (Å²) in [4.78, 5) is 0. The molecule has 0 bridgehead atoms. The van der Waals surface area contributed by atoms with Gasteiger partial charge >= 0.3 is 0 Å². The molecule has 0 spiro atoms. The third-order valence-electron chi connectivity index (χ3n) is 9.68. The molecule has 0 aliphatic carbocycles. The van der Waals surface area contributed by atoms with Crippen molar-refractivity contribution in [3.63, 3.8) is 0 Å². The number of unbranched alkanes of at least 4 members (excludes halogenated alkanes) is 1. The monoisotopic (exact) mass is 682 g/mol. The highest BCUT2D eigenvalue weighted by Crippen LogP contribution is 2.38. The molecule has 0 aromatic heterocycles. The Balaban J connectivity index is 0.818. The number of rotatable bonds is 13. The minimum absolute atomic E-state index is 0.124. The number of benzene rings is 6. The lowest BCUT2D eigenvalue weighted by Gasteiger charge is -2.24. The smallest absolute Gasteiger partial charge is 0.119 e. The SMILES string of the molecule is c1ccc(C2=NN(c3ccccc3)C(c3ccc(OCCCCOc4ccc(C5CC(c6ccccc6)=NN5c5ccccc5)cc4)cc3)C2)cc1. The summed E-state index contributed by atoms with van der Waals surface area (Å²) < 4.78 is 12.2. The molecule has 0 fully saturated rings. The summed E-state index contributed by atoms with van der Waals surface area (Å²) >= 11 is 0. The lowest BCUT2D eigenvalue weighted by molar-refractivity contribution is 0.266. The first kappa shape index (κ1) is 33.0. The van der Waals surface area contributed by atoms with E-state index in [0.717, 1.165) is 60.0 Å². The van der Waals surface area contributed by atoms with Crippen LogP contribution in [-0.4, -0.2) is 24.6 Å². The van der Waals surface area contributed by atoms with Crippen LogP contribution >= 0.6 is 0 Å². The first-order valence-electron chi connectivity index (χ1n) is 18.2. The van der Waals surface area contributed by atoms with Crippen LogP contribution in [-0.2, 0) is 0 Å². The van der Waals surface area contributed by atoms with Crippen molar-refractivity contribution in [3.05, 3.63) is 192 Å². The molecule has 6 aromatic carbocycles. The Bertz CT molecular complexity index is 1930. The molecular formula is C46H42N4O2. The third kappa shape index (κ3) is 7.62. The lowest BCUT2D eigenvalue weighted by Crippen LogP contribution is -2.18. The van der Waals surface area contributed by atoms with E-state index in [9.17, 15) is 0 Å². The molecule has 2 aliphatic heterocycles. The van der Waals surface area contributed by atoms with Gasteiger partial charge in [0.05, 0.1) is 48.1 Å². The van der Waals surface area contributed by atoms with E-state index < -0.39 is 0 Å². The molecule has 6 aromatic rings. The van der Waals surface area contributed by atoms with Crippen molar-refractivity contribution in [3.8, 4) is 11.5 Å². The van der Waals surface area contributed by atoms with Crippen LogP contribution in [0.15, 0.2) is 180 Å². The molecule has 6 nitrogen and oxygen atoms in total. The van der Waals surface area contributed by atoms with Gasteiger partial charge in [0.2, 0.25) is 0 Å². The van der Waals surface area contributed by atoms with E-state index in [1.165, 1.54) is 22.3 Å². The van der Waals surface area contributed by atoms with E-state index in [2.05, 4.69) is 156 Å². The van der Waals surface area contributed by atoms with Crippen molar-refractivity contribution in [2.75, 3.05) is 23.2 Å². The van der Waals surface area contributed by atoms with Gasteiger partial charge in [-0.2, -0.15) is 10.2 Å². The predicted molar refractivity (Wildman–Crippen MR) is 212 cm³/mol. The molecule has 258 valence electrons. The Morgan fingerprint density at radius 3 is 1.13 bits per heavy atom. The molecule has 8 rings (SSSR count). The van der Waals surface area contributed by atoms with E-state index in [1.807, 2.05) is 24.3 Å². The highest BCUT2D eigenvalue weighted by molar-refractivity contribution is 6.04. The largest absolute Gasteiger partial charge is 0.494 e. The highest BCUT2D eigenvalue weighted by Gasteiger charge is 2.31. The quantitative estimate of drug-likeness (QED) is 0.114. The second-order valence-corrected chi connectivity index (χ2v) is 13.2. The zero-order valence-corrected chi connectivity index (χ0v) is 29.2. The topological polar surface area (TPSA) is 49.7 Å². The first-order valence-corrected chi connectivity index (χ1v) is 18.2. The molecule has 0 radical (unpaired) electrons. The summed E-state index contributed by atoms with van der Waals surface area (Å²) in [5.41, 5.74) is 9.15. The lowest BCUT2D eigenvalue weighted by atomic mass is 9.98. The van der Waals surface area contributed by atoms with Crippen LogP contribution in [0, 0.1) is 0 Å². The van der Waals surface area contributed by atoms with E-state index >= 15 is 0 Å². The van der Waals surface area contributed by atoms with Crippen LogP contribution in [0.2, 0.25) is 0 Å². The van der Waals surface area contributed by atoms with E-state index in [1.54, 1.807) is 0 Å². The Labute approximate surface area is 306 Å². The van der Waals surface area contributed by atoms with Gasteiger partial charge in [0.1, 0.15) is 11.5 Å². The number of anilines is 2. The zero-order valence-electron chi connectivity index (χ0n) is 29.2. The predicted octanol–water partition coefficient (Wildman–Crippen LogP) is 10.6. The second kappa shape index (κ2) is 15.8. The number of ether oxygens (including phenoxy) is 2. The number of hydrogen-bond acceptors (Lipinski definition) is 6. The van der Waals surface area contributed by atoms with Crippen LogP contribution in [0.25, 0.3) is 0 Å². The van der Waals surface area contributed by atoms with Gasteiger partial charge in [-0.15, -0.1) is 0 Å². The highest BCUT2D eigenvalue weighted by atomic mass is 16.5. The molecule has 6 heteroatoms. The summed E-state index contributed by atoms with van der Waals surface area (Å²) in [7, 11) is 0. The zero-order chi connectivity index (χ0) is 35.0. The molecule has 52 heavy (non-hydrogen) atoms. The van der Waals surface area contributed by atoms with E-state index in [0.29, 0.717) is 13.2 Å². The summed E-state index contributed by atoms with van der Waals surface area (Å²) in [6, 6.07) is 59.0. The van der Waals surface area contributed by atoms with Crippen molar-refractivity contribution >= 4 is 22.8 Å². The van der Waals surface area contributed by atoms with Crippen LogP contribution in [0.3, 0.4) is 0 Å². The van der Waals surface area contributed by atoms with Gasteiger partial charge in [-0.3, -0.25) is 10.0 Å². The normalized spacial score (nSPS) is 16.8. The molecule has 0 saturated heterocycles. The van der Waals surface area contributed by atoms with Crippen LogP contribution in [0.4, 0.5) is 11.4 Å². The molecule has 0 saturated carbocycles. The number of hydrazone groups is 2. The standard InChI is InChI=1S/C46H42N4O2/c1-5-15-35(16-6-1)43-33-45(49(47-43)39-19-9-3-10-20-39)37-23-27-41(28-24-37)51-31-13-14-32-52-42-29-25-38(26-30-42)46-34-44(36-17-7-2-8-18-36)48-50(46)40-21-11-4-12-22-40/h1-12,15-30,45-46H,13-14,31-34H2. The van der Waals surface area contributed by atoms with Gasteiger partial charge in [0.25, 0.3) is 0 Å². The van der Waals surface area contributed by atoms with Gasteiger partial charge < -0.3 is 9.47 Å². The van der Waals surface area contributed by atoms with E-state index in [4.69, 9.17) is 19.7 Å². The Kier molecular flexibility index (Phi) is 10.0. The van der Waals surface area contributed by atoms with Crippen molar-refractivity contribution in [2.24, 2.45) is 10.2 Å². The summed E-state index contributed by atoms with van der Waals surface area (Å²) in [6.45, 7) is 1.28. The molecular weight excluding hydrogens is 641 g/mol. The molecule has 0 amide bonds. The molecule has 2 atom stereocenters. The summed E-state index contributed by atoms with van der Waals surface area (Å²) in [5, 5.41) is 14.4. The van der Waals surface area contributed by atoms with Gasteiger partial charge in [-0.25, -0.2) is 0 Å². The summed E-state index contributed by atoms with van der Waals surface area (Å²) in [5.74, 6) is 1.76. The second-order valence-electron chi connectivity index (χ2n) is 13.2. The fraction of sp³-hybridized carbons (Fsp3) is 0.174. The van der Waals surface area contributed by atoms with Gasteiger partial charge in [0.15, 0.2) is 0 Å². The van der Waals surface area contributed by atoms with Crippen molar-refractivity contribution in [1.29, 1.82) is 0 Å². The fourth-order valence-electron chi connectivity index (χ4n) is 6.94. The average Bonchev–Trinajstić information content (AvgIpc) is 3.88. The number of hydrogen-bond donors (Lipinski definition) is 0. The fourth-order valence-corrected chi connectivity index (χ4v) is 6.94. The van der Waals surface area contributed by atoms with Crippen molar-refractivity contribution < 1.29 is 9.47 Å². The van der Waals surface area contributed by atoms with Crippen LogP contribution < -0.4 is 19.5 Å². The minimum Gasteiger partial charge on any atom is -0.494 e. The third-order valence-corrected chi connectivity index (χ3v) is 9.68.